The predicted molar refractivity (Wildman–Crippen MR) is 121 cm³/mol. The molecule has 1 fully saturated rings. The maximum atomic E-state index is 12.1. The third kappa shape index (κ3) is 7.82. The van der Waals surface area contributed by atoms with Crippen molar-refractivity contribution in [2.45, 2.75) is 56.9 Å². The van der Waals surface area contributed by atoms with E-state index >= 15 is 0 Å². The maximum absolute atomic E-state index is 12.1. The van der Waals surface area contributed by atoms with Gasteiger partial charge in [0.1, 0.15) is 11.9 Å². The van der Waals surface area contributed by atoms with Crippen LogP contribution in [0.3, 0.4) is 0 Å². The standard InChI is InChI=1S/C19H31N3O2S.HI/c1-4-25(23)18-12-8-9-16(13-18)22-19(20-3)21-14-15(2)24-17-10-6-5-7-11-17;/h5-7,10-11,15-16,18H,4,8-9,12-14H2,1-3H3,(H2,20,21,22);1H. The molecule has 1 aromatic carbocycles. The lowest BCUT2D eigenvalue weighted by molar-refractivity contribution is 0.223. The fourth-order valence-electron chi connectivity index (χ4n) is 3.15. The molecular formula is C19H32IN3O2S. The first kappa shape index (κ1) is 23.2. The molecule has 5 nitrogen and oxygen atoms in total. The number of nitrogens with one attached hydrogen (secondary N) is 2. The van der Waals surface area contributed by atoms with Crippen LogP contribution in [-0.4, -0.2) is 46.9 Å². The Kier molecular flexibility index (Phi) is 11.2. The van der Waals surface area contributed by atoms with Crippen molar-refractivity contribution in [1.29, 1.82) is 0 Å². The predicted octanol–water partition coefficient (Wildman–Crippen LogP) is 3.32. The number of benzene rings is 1. The molecule has 1 aliphatic rings. The third-order valence-electron chi connectivity index (χ3n) is 4.48. The maximum Gasteiger partial charge on any atom is 0.191 e. The van der Waals surface area contributed by atoms with Gasteiger partial charge in [-0.05, 0) is 38.3 Å². The van der Waals surface area contributed by atoms with Crippen LogP contribution in [0.4, 0.5) is 0 Å². The number of aliphatic imine (C=N–C) groups is 1. The lowest BCUT2D eigenvalue weighted by Crippen LogP contribution is -2.48. The van der Waals surface area contributed by atoms with E-state index in [4.69, 9.17) is 4.74 Å². The van der Waals surface area contributed by atoms with Gasteiger partial charge in [-0.3, -0.25) is 9.20 Å². The summed E-state index contributed by atoms with van der Waals surface area (Å²) in [4.78, 5) is 4.31. The van der Waals surface area contributed by atoms with Gasteiger partial charge in [-0.15, -0.1) is 24.0 Å². The summed E-state index contributed by atoms with van der Waals surface area (Å²) in [6.45, 7) is 4.71. The highest BCUT2D eigenvalue weighted by molar-refractivity contribution is 14.0. The first-order valence-electron chi connectivity index (χ1n) is 9.18. The van der Waals surface area contributed by atoms with Crippen LogP contribution in [-0.2, 0) is 10.8 Å². The Balaban J connectivity index is 0.00000338. The fourth-order valence-corrected chi connectivity index (χ4v) is 4.50. The largest absolute Gasteiger partial charge is 0.489 e. The normalized spacial score (nSPS) is 22.7. The Labute approximate surface area is 177 Å². The van der Waals surface area contributed by atoms with E-state index < -0.39 is 10.8 Å². The summed E-state index contributed by atoms with van der Waals surface area (Å²) < 4.78 is 18.0. The second-order valence-corrected chi connectivity index (χ2v) is 8.50. The fraction of sp³-hybridized carbons (Fsp3) is 0.632. The Bertz CT molecular complexity index is 571. The number of rotatable bonds is 7. The van der Waals surface area contributed by atoms with Crippen molar-refractivity contribution in [3.05, 3.63) is 30.3 Å². The van der Waals surface area contributed by atoms with Crippen molar-refractivity contribution in [3.8, 4) is 5.75 Å². The van der Waals surface area contributed by atoms with Gasteiger partial charge >= 0.3 is 0 Å². The molecule has 1 aromatic rings. The molecule has 7 heteroatoms. The van der Waals surface area contributed by atoms with Crippen LogP contribution in [0.15, 0.2) is 35.3 Å². The highest BCUT2D eigenvalue weighted by atomic mass is 127. The topological polar surface area (TPSA) is 62.7 Å². The molecule has 0 aliphatic heterocycles. The second kappa shape index (κ2) is 12.5. The summed E-state index contributed by atoms with van der Waals surface area (Å²) in [7, 11) is 1.08. The molecular weight excluding hydrogens is 461 g/mol. The van der Waals surface area contributed by atoms with E-state index in [1.165, 1.54) is 0 Å². The minimum absolute atomic E-state index is 0. The first-order chi connectivity index (χ1) is 12.1. The SMILES string of the molecule is CCS(=O)C1CCCC(NC(=NC)NCC(C)Oc2ccccc2)C1.I. The molecule has 4 unspecified atom stereocenters. The summed E-state index contributed by atoms with van der Waals surface area (Å²) in [6, 6.07) is 10.2. The van der Waals surface area contributed by atoms with Gasteiger partial charge in [0.15, 0.2) is 5.96 Å². The van der Waals surface area contributed by atoms with Gasteiger partial charge < -0.3 is 15.4 Å². The van der Waals surface area contributed by atoms with Crippen LogP contribution >= 0.6 is 24.0 Å². The minimum atomic E-state index is -0.705. The summed E-state index contributed by atoms with van der Waals surface area (Å²) in [6.07, 6.45) is 4.30. The average molecular weight is 493 g/mol. The number of halogens is 1. The quantitative estimate of drug-likeness (QED) is 0.348. The van der Waals surface area contributed by atoms with E-state index in [9.17, 15) is 4.21 Å². The monoisotopic (exact) mass is 493 g/mol. The number of hydrogen-bond acceptors (Lipinski definition) is 3. The highest BCUT2D eigenvalue weighted by Crippen LogP contribution is 2.23. The molecule has 0 aromatic heterocycles. The van der Waals surface area contributed by atoms with E-state index in [0.29, 0.717) is 17.8 Å². The van der Waals surface area contributed by atoms with Crippen LogP contribution in [0.5, 0.6) is 5.75 Å². The van der Waals surface area contributed by atoms with Crippen molar-refractivity contribution >= 4 is 40.7 Å². The Morgan fingerprint density at radius 1 is 1.35 bits per heavy atom. The van der Waals surface area contributed by atoms with Gasteiger partial charge in [0.25, 0.3) is 0 Å². The minimum Gasteiger partial charge on any atom is -0.489 e. The zero-order chi connectivity index (χ0) is 18.1. The molecule has 1 aliphatic carbocycles. The van der Waals surface area contributed by atoms with Gasteiger partial charge in [0, 0.05) is 34.9 Å². The molecule has 148 valence electrons. The summed E-state index contributed by atoms with van der Waals surface area (Å²) in [5.41, 5.74) is 0. The molecule has 2 rings (SSSR count). The van der Waals surface area contributed by atoms with Crippen LogP contribution < -0.4 is 15.4 Å². The Morgan fingerprint density at radius 2 is 2.08 bits per heavy atom. The molecule has 0 amide bonds. The van der Waals surface area contributed by atoms with E-state index in [2.05, 4.69) is 15.6 Å². The van der Waals surface area contributed by atoms with Crippen molar-refractivity contribution < 1.29 is 8.95 Å². The van der Waals surface area contributed by atoms with Crippen LogP contribution in [0.2, 0.25) is 0 Å². The molecule has 0 bridgehead atoms. The number of ether oxygens (including phenoxy) is 1. The van der Waals surface area contributed by atoms with E-state index in [0.717, 1.165) is 43.1 Å². The van der Waals surface area contributed by atoms with Crippen molar-refractivity contribution in [2.24, 2.45) is 4.99 Å². The lowest BCUT2D eigenvalue weighted by Gasteiger charge is -2.30. The van der Waals surface area contributed by atoms with E-state index in [-0.39, 0.29) is 30.1 Å². The van der Waals surface area contributed by atoms with Crippen LogP contribution in [0, 0.1) is 0 Å². The van der Waals surface area contributed by atoms with Gasteiger partial charge in [-0.2, -0.15) is 0 Å². The average Bonchev–Trinajstić information content (AvgIpc) is 2.65. The summed E-state index contributed by atoms with van der Waals surface area (Å²) >= 11 is 0. The summed E-state index contributed by atoms with van der Waals surface area (Å²) in [5, 5.41) is 7.13. The van der Waals surface area contributed by atoms with Gasteiger partial charge in [-0.25, -0.2) is 0 Å². The van der Waals surface area contributed by atoms with Crippen molar-refractivity contribution in [3.63, 3.8) is 0 Å². The first-order valence-corrected chi connectivity index (χ1v) is 10.6. The van der Waals surface area contributed by atoms with Crippen molar-refractivity contribution in [2.75, 3.05) is 19.3 Å². The molecule has 1 saturated carbocycles. The Hall–Kier alpha value is -0.830. The zero-order valence-electron chi connectivity index (χ0n) is 15.9. The van der Waals surface area contributed by atoms with Crippen molar-refractivity contribution in [1.82, 2.24) is 10.6 Å². The molecule has 4 atom stereocenters. The molecule has 2 N–H and O–H groups in total. The molecule has 0 heterocycles. The van der Waals surface area contributed by atoms with Gasteiger partial charge in [0.2, 0.25) is 0 Å². The second-order valence-electron chi connectivity index (χ2n) is 6.49. The van der Waals surface area contributed by atoms with Gasteiger partial charge in [0.05, 0.1) is 6.54 Å². The lowest BCUT2D eigenvalue weighted by atomic mass is 9.95. The van der Waals surface area contributed by atoms with Crippen LogP contribution in [0.25, 0.3) is 0 Å². The number of guanidine groups is 1. The molecule has 0 radical (unpaired) electrons. The number of para-hydroxylation sites is 1. The third-order valence-corrected chi connectivity index (χ3v) is 6.23. The molecule has 26 heavy (non-hydrogen) atoms. The molecule has 0 saturated heterocycles. The van der Waals surface area contributed by atoms with Gasteiger partial charge in [-0.1, -0.05) is 31.5 Å². The Morgan fingerprint density at radius 3 is 2.73 bits per heavy atom. The molecule has 0 spiro atoms. The zero-order valence-corrected chi connectivity index (χ0v) is 19.1. The number of nitrogens with zero attached hydrogens (tertiary/aromatic N) is 1. The van der Waals surface area contributed by atoms with E-state index in [1.807, 2.05) is 44.2 Å². The number of hydrogen-bond donors (Lipinski definition) is 2. The van der Waals surface area contributed by atoms with E-state index in [1.54, 1.807) is 7.05 Å². The summed E-state index contributed by atoms with van der Waals surface area (Å²) in [5.74, 6) is 2.41. The smallest absolute Gasteiger partial charge is 0.191 e. The van der Waals surface area contributed by atoms with Crippen LogP contribution in [0.1, 0.15) is 39.5 Å². The highest BCUT2D eigenvalue weighted by Gasteiger charge is 2.26.